The number of nitrogens with one attached hydrogen (secondary N) is 1. The molecule has 1 aromatic heterocycles. The van der Waals surface area contributed by atoms with Crippen LogP contribution in [-0.2, 0) is 0 Å². The fraction of sp³-hybridized carbons (Fsp3) is 0.600. The van der Waals surface area contributed by atoms with Crippen molar-refractivity contribution in [1.29, 1.82) is 0 Å². The van der Waals surface area contributed by atoms with Gasteiger partial charge in [0.2, 0.25) is 0 Å². The van der Waals surface area contributed by atoms with Crippen molar-refractivity contribution in [3.8, 4) is 0 Å². The lowest BCUT2D eigenvalue weighted by Gasteiger charge is -2.19. The van der Waals surface area contributed by atoms with Gasteiger partial charge in [-0.1, -0.05) is 0 Å². The molecule has 3 rings (SSSR count). The normalized spacial score (nSPS) is 36.8. The monoisotopic (exact) mass is 175 g/mol. The smallest absolute Gasteiger partial charge is 0.115 e. The molecule has 0 aromatic carbocycles. The molecule has 2 saturated heterocycles. The fourth-order valence-corrected chi connectivity index (χ4v) is 2.69. The van der Waals surface area contributed by atoms with Crippen molar-refractivity contribution < 1.29 is 0 Å². The second-order valence-electron chi connectivity index (χ2n) is 4.06. The highest BCUT2D eigenvalue weighted by molar-refractivity contribution is 5.19. The van der Waals surface area contributed by atoms with Crippen LogP contribution in [-0.4, -0.2) is 22.1 Å². The lowest BCUT2D eigenvalue weighted by Crippen LogP contribution is -2.21. The summed E-state index contributed by atoms with van der Waals surface area (Å²) in [5, 5.41) is 3.62. The second kappa shape index (κ2) is 2.77. The summed E-state index contributed by atoms with van der Waals surface area (Å²) in [4.78, 5) is 8.15. The average molecular weight is 175 g/mol. The van der Waals surface area contributed by atoms with Gasteiger partial charge in [0.25, 0.3) is 0 Å². The zero-order valence-electron chi connectivity index (χ0n) is 7.48. The second-order valence-corrected chi connectivity index (χ2v) is 4.06. The van der Waals surface area contributed by atoms with Crippen LogP contribution in [0.1, 0.15) is 30.7 Å². The zero-order valence-corrected chi connectivity index (χ0v) is 7.48. The van der Waals surface area contributed by atoms with Crippen molar-refractivity contribution in [2.24, 2.45) is 0 Å². The fourth-order valence-electron chi connectivity index (χ4n) is 2.69. The third-order valence-corrected chi connectivity index (χ3v) is 3.31. The number of rotatable bonds is 1. The summed E-state index contributed by atoms with van der Waals surface area (Å²) >= 11 is 0. The van der Waals surface area contributed by atoms with Crippen molar-refractivity contribution in [2.75, 3.05) is 0 Å². The third kappa shape index (κ3) is 1.15. The molecule has 0 amide bonds. The quantitative estimate of drug-likeness (QED) is 0.694. The SMILES string of the molecule is c1ncc([C@H]2CC3CCC2N3)cn1. The van der Waals surface area contributed by atoms with Crippen molar-refractivity contribution in [1.82, 2.24) is 15.3 Å². The molecule has 0 saturated carbocycles. The van der Waals surface area contributed by atoms with Gasteiger partial charge in [-0.15, -0.1) is 0 Å². The van der Waals surface area contributed by atoms with E-state index >= 15 is 0 Å². The molecule has 0 spiro atoms. The first-order valence-electron chi connectivity index (χ1n) is 4.94. The first-order chi connectivity index (χ1) is 6.43. The van der Waals surface area contributed by atoms with Crippen molar-refractivity contribution in [3.63, 3.8) is 0 Å². The Kier molecular flexibility index (Phi) is 1.59. The summed E-state index contributed by atoms with van der Waals surface area (Å²) < 4.78 is 0. The topological polar surface area (TPSA) is 37.8 Å². The number of fused-ring (bicyclic) bond motifs is 2. The summed E-state index contributed by atoms with van der Waals surface area (Å²) in [5.74, 6) is 0.667. The van der Waals surface area contributed by atoms with E-state index in [1.807, 2.05) is 12.4 Å². The molecule has 0 aliphatic carbocycles. The van der Waals surface area contributed by atoms with E-state index < -0.39 is 0 Å². The standard InChI is InChI=1S/C10H13N3/c1-2-10-9(3-8(1)13-10)7-4-11-6-12-5-7/h4-6,8-10,13H,1-3H2/t8?,9-,10?/m1/s1. The van der Waals surface area contributed by atoms with Crippen LogP contribution < -0.4 is 5.32 Å². The zero-order chi connectivity index (χ0) is 8.67. The van der Waals surface area contributed by atoms with E-state index in [4.69, 9.17) is 0 Å². The highest BCUT2D eigenvalue weighted by Crippen LogP contribution is 2.39. The molecule has 3 heterocycles. The highest BCUT2D eigenvalue weighted by atomic mass is 15.0. The summed E-state index contributed by atoms with van der Waals surface area (Å²) in [7, 11) is 0. The van der Waals surface area contributed by atoms with E-state index in [9.17, 15) is 0 Å². The minimum Gasteiger partial charge on any atom is -0.311 e. The minimum atomic E-state index is 0.667. The van der Waals surface area contributed by atoms with Gasteiger partial charge in [0.1, 0.15) is 6.33 Å². The first-order valence-corrected chi connectivity index (χ1v) is 4.94. The van der Waals surface area contributed by atoms with Crippen molar-refractivity contribution >= 4 is 0 Å². The molecule has 2 fully saturated rings. The molecule has 0 radical (unpaired) electrons. The molecular formula is C10H13N3. The maximum absolute atomic E-state index is 4.07. The predicted molar refractivity (Wildman–Crippen MR) is 49.3 cm³/mol. The predicted octanol–water partition coefficient (Wildman–Crippen LogP) is 1.08. The molecular weight excluding hydrogens is 162 g/mol. The Morgan fingerprint density at radius 2 is 2.08 bits per heavy atom. The Hall–Kier alpha value is -0.960. The summed E-state index contributed by atoms with van der Waals surface area (Å²) in [5.41, 5.74) is 1.31. The van der Waals surface area contributed by atoms with Gasteiger partial charge < -0.3 is 5.32 Å². The third-order valence-electron chi connectivity index (χ3n) is 3.31. The molecule has 68 valence electrons. The molecule has 2 unspecified atom stereocenters. The van der Waals surface area contributed by atoms with Gasteiger partial charge in [-0.3, -0.25) is 0 Å². The Labute approximate surface area is 77.6 Å². The molecule has 2 bridgehead atoms. The van der Waals surface area contributed by atoms with Crippen LogP contribution in [0.25, 0.3) is 0 Å². The van der Waals surface area contributed by atoms with Gasteiger partial charge in [0.05, 0.1) is 0 Å². The largest absolute Gasteiger partial charge is 0.311 e. The first kappa shape index (κ1) is 7.44. The van der Waals surface area contributed by atoms with Gasteiger partial charge >= 0.3 is 0 Å². The number of aromatic nitrogens is 2. The van der Waals surface area contributed by atoms with Crippen LogP contribution in [0.15, 0.2) is 18.7 Å². The number of nitrogens with zero attached hydrogens (tertiary/aromatic N) is 2. The van der Waals surface area contributed by atoms with Gasteiger partial charge in [-0.2, -0.15) is 0 Å². The Morgan fingerprint density at radius 3 is 2.69 bits per heavy atom. The summed E-state index contributed by atoms with van der Waals surface area (Å²) in [6.45, 7) is 0. The summed E-state index contributed by atoms with van der Waals surface area (Å²) in [6.07, 6.45) is 9.47. The van der Waals surface area contributed by atoms with E-state index in [1.165, 1.54) is 24.8 Å². The lowest BCUT2D eigenvalue weighted by molar-refractivity contribution is 0.504. The molecule has 2 aliphatic heterocycles. The van der Waals surface area contributed by atoms with Crippen LogP contribution in [0, 0.1) is 0 Å². The van der Waals surface area contributed by atoms with Crippen molar-refractivity contribution in [3.05, 3.63) is 24.3 Å². The molecule has 3 heteroatoms. The Balaban J connectivity index is 1.87. The van der Waals surface area contributed by atoms with Gasteiger partial charge in [0.15, 0.2) is 0 Å². The minimum absolute atomic E-state index is 0.667. The highest BCUT2D eigenvalue weighted by Gasteiger charge is 2.39. The number of hydrogen-bond donors (Lipinski definition) is 1. The van der Waals surface area contributed by atoms with Crippen LogP contribution in [0.5, 0.6) is 0 Å². The van der Waals surface area contributed by atoms with E-state index in [0.717, 1.165) is 6.04 Å². The Bertz CT molecular complexity index is 298. The van der Waals surface area contributed by atoms with Crippen molar-refractivity contribution in [2.45, 2.75) is 37.3 Å². The molecule has 1 aromatic rings. The maximum Gasteiger partial charge on any atom is 0.115 e. The van der Waals surface area contributed by atoms with Crippen LogP contribution in [0.2, 0.25) is 0 Å². The lowest BCUT2D eigenvalue weighted by atomic mass is 9.85. The summed E-state index contributed by atoms with van der Waals surface area (Å²) in [6, 6.07) is 1.45. The van der Waals surface area contributed by atoms with E-state index in [0.29, 0.717) is 12.0 Å². The van der Waals surface area contributed by atoms with Gasteiger partial charge in [-0.25, -0.2) is 9.97 Å². The molecule has 1 N–H and O–H groups in total. The molecule has 2 aliphatic rings. The molecule has 13 heavy (non-hydrogen) atoms. The van der Waals surface area contributed by atoms with Gasteiger partial charge in [-0.05, 0) is 24.8 Å². The maximum atomic E-state index is 4.07. The average Bonchev–Trinajstić information content (AvgIpc) is 2.80. The van der Waals surface area contributed by atoms with Gasteiger partial charge in [0, 0.05) is 30.4 Å². The van der Waals surface area contributed by atoms with E-state index in [-0.39, 0.29) is 0 Å². The Morgan fingerprint density at radius 1 is 1.23 bits per heavy atom. The van der Waals surface area contributed by atoms with E-state index in [2.05, 4.69) is 15.3 Å². The molecule has 3 nitrogen and oxygen atoms in total. The van der Waals surface area contributed by atoms with E-state index in [1.54, 1.807) is 6.33 Å². The number of hydrogen-bond acceptors (Lipinski definition) is 3. The molecule has 3 atom stereocenters. The van der Waals surface area contributed by atoms with Crippen LogP contribution in [0.4, 0.5) is 0 Å². The van der Waals surface area contributed by atoms with Crippen LogP contribution in [0.3, 0.4) is 0 Å². The van der Waals surface area contributed by atoms with Crippen LogP contribution >= 0.6 is 0 Å².